The number of rotatable bonds is 0. The van der Waals surface area contributed by atoms with E-state index in [-0.39, 0.29) is 0 Å². The van der Waals surface area contributed by atoms with Crippen molar-refractivity contribution in [1.82, 2.24) is 0 Å². The normalized spacial score (nSPS) is 9.90. The summed E-state index contributed by atoms with van der Waals surface area (Å²) >= 11 is 9.04. The van der Waals surface area contributed by atoms with Crippen LogP contribution in [0.3, 0.4) is 0 Å². The molecule has 0 saturated heterocycles. The first-order valence-corrected chi connectivity index (χ1v) is 3.99. The molecule has 50 valence electrons. The molecule has 0 saturated carbocycles. The van der Waals surface area contributed by atoms with Gasteiger partial charge in [-0.1, -0.05) is 39.1 Å². The number of halogens is 2. The molecule has 0 unspecified atom stereocenters. The van der Waals surface area contributed by atoms with E-state index in [0.29, 0.717) is 5.02 Å². The van der Waals surface area contributed by atoms with E-state index in [0.717, 1.165) is 15.5 Å². The lowest BCUT2D eigenvalue weighted by Crippen LogP contribution is -2.06. The number of hydrogen-bond donors (Lipinski definition) is 0. The highest BCUT2D eigenvalue weighted by molar-refractivity contribution is 9.10. The van der Waals surface area contributed by atoms with Crippen molar-refractivity contribution >= 4 is 40.8 Å². The first kappa shape index (κ1) is 8.15. The van der Waals surface area contributed by atoms with Crippen LogP contribution in [0.5, 0.6) is 0 Å². The second-order valence-electron chi connectivity index (χ2n) is 2.10. The van der Waals surface area contributed by atoms with E-state index < -0.39 is 0 Å². The Morgan fingerprint density at radius 1 is 1.50 bits per heavy atom. The lowest BCUT2D eigenvalue weighted by molar-refractivity contribution is 1.47. The maximum absolute atomic E-state index is 5.71. The molecule has 1 aromatic rings. The van der Waals surface area contributed by atoms with E-state index in [1.54, 1.807) is 6.07 Å². The van der Waals surface area contributed by atoms with Crippen LogP contribution in [-0.2, 0) is 0 Å². The standard InChI is InChI=1S/C7H5BBrCl/c1-4-6(8)2-5(10)3-7(4)9/h2-3H,1H3. The second kappa shape index (κ2) is 2.97. The molecule has 0 aliphatic carbocycles. The first-order valence-electron chi connectivity index (χ1n) is 2.82. The van der Waals surface area contributed by atoms with E-state index in [1.807, 2.05) is 13.0 Å². The zero-order valence-corrected chi connectivity index (χ0v) is 7.83. The minimum Gasteiger partial charge on any atom is -0.0912 e. The fraction of sp³-hybridized carbons (Fsp3) is 0.143. The Kier molecular flexibility index (Phi) is 2.43. The van der Waals surface area contributed by atoms with Gasteiger partial charge in [0.25, 0.3) is 0 Å². The Morgan fingerprint density at radius 2 is 2.10 bits per heavy atom. The summed E-state index contributed by atoms with van der Waals surface area (Å²) in [4.78, 5) is 0. The van der Waals surface area contributed by atoms with Crippen LogP contribution in [0.4, 0.5) is 0 Å². The third-order valence-corrected chi connectivity index (χ3v) is 2.39. The fourth-order valence-electron chi connectivity index (χ4n) is 0.666. The van der Waals surface area contributed by atoms with E-state index in [2.05, 4.69) is 15.9 Å². The lowest BCUT2D eigenvalue weighted by Gasteiger charge is -2.02. The van der Waals surface area contributed by atoms with Crippen LogP contribution in [0.2, 0.25) is 5.02 Å². The quantitative estimate of drug-likeness (QED) is 0.582. The summed E-state index contributed by atoms with van der Waals surface area (Å²) in [6.45, 7) is 1.94. The molecule has 0 aromatic heterocycles. The Bertz CT molecular complexity index is 237. The van der Waals surface area contributed by atoms with E-state index in [9.17, 15) is 0 Å². The zero-order valence-electron chi connectivity index (χ0n) is 5.49. The van der Waals surface area contributed by atoms with Gasteiger partial charge in [-0.3, -0.25) is 0 Å². The van der Waals surface area contributed by atoms with Crippen molar-refractivity contribution in [3.8, 4) is 0 Å². The van der Waals surface area contributed by atoms with Crippen molar-refractivity contribution < 1.29 is 0 Å². The Balaban J connectivity index is 3.31. The largest absolute Gasteiger partial charge is 0.114 e. The van der Waals surface area contributed by atoms with Crippen LogP contribution < -0.4 is 5.46 Å². The molecule has 2 radical (unpaired) electrons. The summed E-state index contributed by atoms with van der Waals surface area (Å²) in [6, 6.07) is 3.56. The summed E-state index contributed by atoms with van der Waals surface area (Å²) < 4.78 is 0.956. The molecule has 0 atom stereocenters. The minimum absolute atomic E-state index is 0.662. The Labute approximate surface area is 75.1 Å². The van der Waals surface area contributed by atoms with Gasteiger partial charge in [-0.05, 0) is 18.6 Å². The molecule has 0 nitrogen and oxygen atoms in total. The molecule has 3 heteroatoms. The van der Waals surface area contributed by atoms with Crippen LogP contribution in [0.1, 0.15) is 5.56 Å². The van der Waals surface area contributed by atoms with E-state index in [4.69, 9.17) is 19.4 Å². The predicted molar refractivity (Wildman–Crippen MR) is 49.3 cm³/mol. The summed E-state index contributed by atoms with van der Waals surface area (Å²) in [5, 5.41) is 0.662. The van der Waals surface area contributed by atoms with Crippen LogP contribution >= 0.6 is 27.5 Å². The first-order chi connectivity index (χ1) is 4.61. The van der Waals surface area contributed by atoms with E-state index >= 15 is 0 Å². The van der Waals surface area contributed by atoms with Gasteiger partial charge >= 0.3 is 0 Å². The summed E-state index contributed by atoms with van der Waals surface area (Å²) in [6.07, 6.45) is 0. The highest BCUT2D eigenvalue weighted by Gasteiger charge is 1.98. The third-order valence-electron chi connectivity index (χ3n) is 1.35. The zero-order chi connectivity index (χ0) is 7.72. The van der Waals surface area contributed by atoms with Gasteiger partial charge in [0.1, 0.15) is 7.85 Å². The second-order valence-corrected chi connectivity index (χ2v) is 3.39. The number of benzene rings is 1. The average Bonchev–Trinajstić information content (AvgIpc) is 1.82. The van der Waals surface area contributed by atoms with Crippen molar-refractivity contribution in [2.24, 2.45) is 0 Å². The van der Waals surface area contributed by atoms with E-state index in [1.165, 1.54) is 0 Å². The topological polar surface area (TPSA) is 0 Å². The van der Waals surface area contributed by atoms with Crippen molar-refractivity contribution in [3.05, 3.63) is 27.2 Å². The Hall–Kier alpha value is 0.0549. The molecule has 0 aliphatic rings. The van der Waals surface area contributed by atoms with Crippen molar-refractivity contribution in [3.63, 3.8) is 0 Å². The highest BCUT2D eigenvalue weighted by atomic mass is 79.9. The van der Waals surface area contributed by atoms with Gasteiger partial charge < -0.3 is 0 Å². The molecular formula is C7H5BBrCl. The fourth-order valence-corrected chi connectivity index (χ4v) is 1.50. The summed E-state index contributed by atoms with van der Waals surface area (Å²) in [5.41, 5.74) is 1.75. The summed E-state index contributed by atoms with van der Waals surface area (Å²) in [5.74, 6) is 0. The van der Waals surface area contributed by atoms with Gasteiger partial charge in [0, 0.05) is 9.50 Å². The predicted octanol–water partition coefficient (Wildman–Crippen LogP) is 2.20. The van der Waals surface area contributed by atoms with Gasteiger partial charge in [-0.2, -0.15) is 0 Å². The van der Waals surface area contributed by atoms with Crippen LogP contribution in [0, 0.1) is 6.92 Å². The van der Waals surface area contributed by atoms with Crippen molar-refractivity contribution in [2.45, 2.75) is 6.92 Å². The molecular weight excluding hydrogens is 210 g/mol. The molecule has 10 heavy (non-hydrogen) atoms. The van der Waals surface area contributed by atoms with Gasteiger partial charge in [-0.15, -0.1) is 0 Å². The smallest absolute Gasteiger partial charge is 0.0912 e. The van der Waals surface area contributed by atoms with Gasteiger partial charge in [0.2, 0.25) is 0 Å². The number of hydrogen-bond acceptors (Lipinski definition) is 0. The van der Waals surface area contributed by atoms with Crippen molar-refractivity contribution in [2.75, 3.05) is 0 Å². The summed E-state index contributed by atoms with van der Waals surface area (Å²) in [7, 11) is 5.61. The molecule has 0 fully saturated rings. The molecule has 0 amide bonds. The van der Waals surface area contributed by atoms with Crippen LogP contribution in [0.15, 0.2) is 16.6 Å². The third kappa shape index (κ3) is 1.56. The lowest BCUT2D eigenvalue weighted by atomic mass is 9.92. The van der Waals surface area contributed by atoms with Gasteiger partial charge in [-0.25, -0.2) is 0 Å². The SMILES string of the molecule is [B]c1cc(Cl)cc(Br)c1C. The maximum atomic E-state index is 5.71. The molecule has 0 N–H and O–H groups in total. The van der Waals surface area contributed by atoms with Crippen LogP contribution in [0.25, 0.3) is 0 Å². The Morgan fingerprint density at radius 3 is 2.60 bits per heavy atom. The van der Waals surface area contributed by atoms with Crippen molar-refractivity contribution in [1.29, 1.82) is 0 Å². The molecule has 0 bridgehead atoms. The molecule has 1 aromatic carbocycles. The molecule has 0 spiro atoms. The molecule has 1 rings (SSSR count). The maximum Gasteiger partial charge on any atom is 0.114 e. The monoisotopic (exact) mass is 214 g/mol. The molecule has 0 heterocycles. The minimum atomic E-state index is 0.662. The highest BCUT2D eigenvalue weighted by Crippen LogP contribution is 2.18. The van der Waals surface area contributed by atoms with Gasteiger partial charge in [0.05, 0.1) is 0 Å². The molecule has 0 aliphatic heterocycles. The van der Waals surface area contributed by atoms with Crippen LogP contribution in [-0.4, -0.2) is 7.85 Å². The van der Waals surface area contributed by atoms with Gasteiger partial charge in [0.15, 0.2) is 0 Å². The average molecular weight is 215 g/mol.